The minimum absolute atomic E-state index is 0.0367. The molecule has 0 bridgehead atoms. The summed E-state index contributed by atoms with van der Waals surface area (Å²) in [6.45, 7) is 9.02. The van der Waals surface area contributed by atoms with Crippen molar-refractivity contribution in [1.29, 1.82) is 0 Å². The standard InChI is InChI=1S/C20H32N4O2/c1-4-17(26-18-10-8-7-9-11-18)14-22-20(21-6-3)23-16-12-13-24(15-16)19(25)5-2/h7-11,16-17H,4-6,12-15H2,1-3H3,(H2,21,22,23). The van der Waals surface area contributed by atoms with Crippen molar-refractivity contribution in [2.24, 2.45) is 4.99 Å². The number of benzene rings is 1. The summed E-state index contributed by atoms with van der Waals surface area (Å²) in [4.78, 5) is 18.5. The van der Waals surface area contributed by atoms with Crippen LogP contribution in [-0.2, 0) is 4.79 Å². The Balaban J connectivity index is 1.89. The molecule has 6 nitrogen and oxygen atoms in total. The second-order valence-corrected chi connectivity index (χ2v) is 6.50. The Morgan fingerprint density at radius 3 is 2.73 bits per heavy atom. The molecule has 1 fully saturated rings. The van der Waals surface area contributed by atoms with Crippen molar-refractivity contribution in [3.8, 4) is 5.75 Å². The van der Waals surface area contributed by atoms with E-state index >= 15 is 0 Å². The van der Waals surface area contributed by atoms with E-state index in [-0.39, 0.29) is 18.1 Å². The van der Waals surface area contributed by atoms with Crippen LogP contribution in [0.5, 0.6) is 5.75 Å². The molecule has 1 amide bonds. The molecule has 0 saturated carbocycles. The normalized spacial score (nSPS) is 18.5. The fourth-order valence-electron chi connectivity index (χ4n) is 2.98. The Kier molecular flexibility index (Phi) is 8.25. The smallest absolute Gasteiger partial charge is 0.222 e. The average Bonchev–Trinajstić information content (AvgIpc) is 3.13. The van der Waals surface area contributed by atoms with Gasteiger partial charge in [-0.25, -0.2) is 4.99 Å². The van der Waals surface area contributed by atoms with E-state index in [1.165, 1.54) is 0 Å². The first kappa shape index (κ1) is 20.1. The number of carbonyl (C=O) groups excluding carboxylic acids is 1. The predicted molar refractivity (Wildman–Crippen MR) is 106 cm³/mol. The summed E-state index contributed by atoms with van der Waals surface area (Å²) in [6, 6.07) is 10.1. The summed E-state index contributed by atoms with van der Waals surface area (Å²) < 4.78 is 6.01. The van der Waals surface area contributed by atoms with E-state index in [0.717, 1.165) is 44.2 Å². The molecule has 1 aliphatic rings. The van der Waals surface area contributed by atoms with Gasteiger partial charge in [-0.2, -0.15) is 0 Å². The summed E-state index contributed by atoms with van der Waals surface area (Å²) in [6.07, 6.45) is 2.44. The van der Waals surface area contributed by atoms with Gasteiger partial charge in [-0.15, -0.1) is 0 Å². The number of para-hydroxylation sites is 1. The first-order chi connectivity index (χ1) is 12.7. The van der Waals surface area contributed by atoms with Gasteiger partial charge in [0.1, 0.15) is 11.9 Å². The van der Waals surface area contributed by atoms with Crippen molar-refractivity contribution in [3.05, 3.63) is 30.3 Å². The second kappa shape index (κ2) is 10.7. The van der Waals surface area contributed by atoms with E-state index < -0.39 is 0 Å². The first-order valence-electron chi connectivity index (χ1n) is 9.70. The highest BCUT2D eigenvalue weighted by atomic mass is 16.5. The molecule has 1 aromatic rings. The third kappa shape index (κ3) is 6.24. The molecule has 1 saturated heterocycles. The van der Waals surface area contributed by atoms with E-state index in [9.17, 15) is 4.79 Å². The first-order valence-corrected chi connectivity index (χ1v) is 9.70. The monoisotopic (exact) mass is 360 g/mol. The molecule has 0 aromatic heterocycles. The van der Waals surface area contributed by atoms with Crippen molar-refractivity contribution in [2.45, 2.75) is 52.2 Å². The number of rotatable bonds is 8. The lowest BCUT2D eigenvalue weighted by Crippen LogP contribution is -2.45. The van der Waals surface area contributed by atoms with Gasteiger partial charge >= 0.3 is 0 Å². The third-order valence-corrected chi connectivity index (χ3v) is 4.48. The summed E-state index contributed by atoms with van der Waals surface area (Å²) >= 11 is 0. The van der Waals surface area contributed by atoms with E-state index in [2.05, 4.69) is 24.5 Å². The maximum absolute atomic E-state index is 11.8. The Morgan fingerprint density at radius 2 is 2.08 bits per heavy atom. The molecule has 144 valence electrons. The van der Waals surface area contributed by atoms with Crippen LogP contribution in [0, 0.1) is 0 Å². The fraction of sp³-hybridized carbons (Fsp3) is 0.600. The van der Waals surface area contributed by atoms with E-state index in [1.807, 2.05) is 42.2 Å². The van der Waals surface area contributed by atoms with Gasteiger partial charge in [0.2, 0.25) is 5.91 Å². The molecule has 1 aliphatic heterocycles. The molecule has 2 N–H and O–H groups in total. The molecule has 6 heteroatoms. The molecule has 2 unspecified atom stereocenters. The number of nitrogens with one attached hydrogen (secondary N) is 2. The molecule has 26 heavy (non-hydrogen) atoms. The SMILES string of the molecule is CCNC(=NCC(CC)Oc1ccccc1)NC1CCN(C(=O)CC)C1. The van der Waals surface area contributed by atoms with Crippen LogP contribution in [-0.4, -0.2) is 55.1 Å². The van der Waals surface area contributed by atoms with E-state index in [1.54, 1.807) is 0 Å². The molecular formula is C20H32N4O2. The lowest BCUT2D eigenvalue weighted by Gasteiger charge is -2.20. The van der Waals surface area contributed by atoms with Crippen LogP contribution in [0.2, 0.25) is 0 Å². The van der Waals surface area contributed by atoms with E-state index in [4.69, 9.17) is 9.73 Å². The zero-order valence-electron chi connectivity index (χ0n) is 16.2. The van der Waals surface area contributed by atoms with Crippen LogP contribution in [0.3, 0.4) is 0 Å². The van der Waals surface area contributed by atoms with Crippen molar-refractivity contribution in [3.63, 3.8) is 0 Å². The lowest BCUT2D eigenvalue weighted by molar-refractivity contribution is -0.129. The Morgan fingerprint density at radius 1 is 1.31 bits per heavy atom. The number of amides is 1. The number of hydrogen-bond acceptors (Lipinski definition) is 3. The topological polar surface area (TPSA) is 66.0 Å². The number of guanidine groups is 1. The summed E-state index contributed by atoms with van der Waals surface area (Å²) in [5, 5.41) is 6.75. The van der Waals surface area contributed by atoms with E-state index in [0.29, 0.717) is 13.0 Å². The lowest BCUT2D eigenvalue weighted by atomic mass is 10.2. The van der Waals surface area contributed by atoms with Crippen molar-refractivity contribution in [1.82, 2.24) is 15.5 Å². The van der Waals surface area contributed by atoms with Gasteiger partial charge in [-0.1, -0.05) is 32.0 Å². The summed E-state index contributed by atoms with van der Waals surface area (Å²) in [7, 11) is 0. The second-order valence-electron chi connectivity index (χ2n) is 6.50. The molecule has 0 spiro atoms. The Hall–Kier alpha value is -2.24. The van der Waals surface area contributed by atoms with Crippen molar-refractivity contribution < 1.29 is 9.53 Å². The maximum atomic E-state index is 11.8. The highest BCUT2D eigenvalue weighted by Crippen LogP contribution is 2.13. The highest BCUT2D eigenvalue weighted by molar-refractivity contribution is 5.80. The molecule has 2 atom stereocenters. The highest BCUT2D eigenvalue weighted by Gasteiger charge is 2.25. The molecular weight excluding hydrogens is 328 g/mol. The van der Waals surface area contributed by atoms with Crippen LogP contribution >= 0.6 is 0 Å². The van der Waals surface area contributed by atoms with Crippen LogP contribution in [0.25, 0.3) is 0 Å². The van der Waals surface area contributed by atoms with Gasteiger partial charge in [0.15, 0.2) is 5.96 Å². The maximum Gasteiger partial charge on any atom is 0.222 e. The predicted octanol–water partition coefficient (Wildman–Crippen LogP) is 2.41. The fourth-order valence-corrected chi connectivity index (χ4v) is 2.98. The molecule has 1 aromatic carbocycles. The minimum Gasteiger partial charge on any atom is -0.489 e. The van der Waals surface area contributed by atoms with Gasteiger partial charge in [0, 0.05) is 32.1 Å². The van der Waals surface area contributed by atoms with Gasteiger partial charge < -0.3 is 20.3 Å². The molecule has 2 rings (SSSR count). The van der Waals surface area contributed by atoms with Crippen LogP contribution < -0.4 is 15.4 Å². The number of aliphatic imine (C=N–C) groups is 1. The van der Waals surface area contributed by atoms with Crippen LogP contribution in [0.4, 0.5) is 0 Å². The Labute approximate surface area is 157 Å². The average molecular weight is 361 g/mol. The largest absolute Gasteiger partial charge is 0.489 e. The Bertz CT molecular complexity index is 576. The third-order valence-electron chi connectivity index (χ3n) is 4.48. The van der Waals surface area contributed by atoms with Gasteiger partial charge in [0.25, 0.3) is 0 Å². The number of likely N-dealkylation sites (tertiary alicyclic amines) is 1. The zero-order chi connectivity index (χ0) is 18.8. The number of ether oxygens (including phenoxy) is 1. The number of hydrogen-bond donors (Lipinski definition) is 2. The number of carbonyl (C=O) groups is 1. The zero-order valence-corrected chi connectivity index (χ0v) is 16.2. The quantitative estimate of drug-likeness (QED) is 0.552. The van der Waals surface area contributed by atoms with Crippen LogP contribution in [0.15, 0.2) is 35.3 Å². The molecule has 0 aliphatic carbocycles. The summed E-state index contributed by atoms with van der Waals surface area (Å²) in [5.41, 5.74) is 0. The summed E-state index contributed by atoms with van der Waals surface area (Å²) in [5.74, 6) is 1.88. The molecule has 1 heterocycles. The minimum atomic E-state index is 0.0367. The van der Waals surface area contributed by atoms with Gasteiger partial charge in [-0.05, 0) is 31.9 Å². The number of nitrogens with zero attached hydrogens (tertiary/aromatic N) is 2. The van der Waals surface area contributed by atoms with Gasteiger partial charge in [0.05, 0.1) is 6.54 Å². The van der Waals surface area contributed by atoms with Gasteiger partial charge in [-0.3, -0.25) is 4.79 Å². The molecule has 0 radical (unpaired) electrons. The van der Waals surface area contributed by atoms with Crippen molar-refractivity contribution in [2.75, 3.05) is 26.2 Å². The van der Waals surface area contributed by atoms with Crippen LogP contribution in [0.1, 0.15) is 40.0 Å². The van der Waals surface area contributed by atoms with Crippen molar-refractivity contribution >= 4 is 11.9 Å².